The van der Waals surface area contributed by atoms with Crippen LogP contribution in [0.25, 0.3) is 0 Å². The number of ether oxygens (including phenoxy) is 1. The molecule has 1 amide bonds. The van der Waals surface area contributed by atoms with Crippen LogP contribution in [0.4, 0.5) is 20.3 Å². The molecule has 0 fully saturated rings. The van der Waals surface area contributed by atoms with Gasteiger partial charge >= 0.3 is 0 Å². The zero-order valence-corrected chi connectivity index (χ0v) is 9.95. The van der Waals surface area contributed by atoms with Crippen molar-refractivity contribution in [1.82, 2.24) is 4.98 Å². The van der Waals surface area contributed by atoms with Crippen molar-refractivity contribution in [3.05, 3.63) is 17.8 Å². The molecule has 0 bridgehead atoms. The van der Waals surface area contributed by atoms with E-state index in [2.05, 4.69) is 15.0 Å². The van der Waals surface area contributed by atoms with Gasteiger partial charge in [0, 0.05) is 0 Å². The highest BCUT2D eigenvalue weighted by Crippen LogP contribution is 2.13. The smallest absolute Gasteiger partial charge is 0.261 e. The zero-order chi connectivity index (χ0) is 13.5. The van der Waals surface area contributed by atoms with Crippen LogP contribution >= 0.6 is 0 Å². The Hall–Kier alpha value is -1.76. The summed E-state index contributed by atoms with van der Waals surface area (Å²) < 4.78 is 28.1. The predicted molar refractivity (Wildman–Crippen MR) is 63.5 cm³/mol. The van der Waals surface area contributed by atoms with Gasteiger partial charge in [0.05, 0.1) is 24.9 Å². The van der Waals surface area contributed by atoms with Gasteiger partial charge in [0.1, 0.15) is 12.4 Å². The minimum atomic E-state index is -2.52. The van der Waals surface area contributed by atoms with Gasteiger partial charge in [0.2, 0.25) is 5.91 Å². The fraction of sp³-hybridized carbons (Fsp3) is 0.455. The zero-order valence-electron chi connectivity index (χ0n) is 9.95. The van der Waals surface area contributed by atoms with E-state index in [-0.39, 0.29) is 18.9 Å². The fourth-order valence-electron chi connectivity index (χ4n) is 1.26. The molecule has 100 valence electrons. The minimum absolute atomic E-state index is 0.00177. The number of hydrogen-bond donors (Lipinski definition) is 2. The van der Waals surface area contributed by atoms with E-state index >= 15 is 0 Å². The third-order valence-corrected chi connectivity index (χ3v) is 2.07. The maximum absolute atomic E-state index is 11.7. The standard InChI is InChI=1S/C11H15F2N3O2/c1-7-4-8(14)5-15-11(7)16-10(17)2-3-18-6-9(12)13/h4-5,9H,2-3,6,14H2,1H3,(H,15,16,17). The average molecular weight is 259 g/mol. The lowest BCUT2D eigenvalue weighted by Gasteiger charge is -2.08. The molecule has 7 heteroatoms. The van der Waals surface area contributed by atoms with Gasteiger partial charge in [-0.25, -0.2) is 13.8 Å². The van der Waals surface area contributed by atoms with Crippen molar-refractivity contribution in [1.29, 1.82) is 0 Å². The van der Waals surface area contributed by atoms with Crippen LogP contribution < -0.4 is 11.1 Å². The molecule has 0 unspecified atom stereocenters. The van der Waals surface area contributed by atoms with E-state index in [0.717, 1.165) is 5.56 Å². The average Bonchev–Trinajstić information content (AvgIpc) is 2.28. The van der Waals surface area contributed by atoms with E-state index in [1.807, 2.05) is 0 Å². The number of hydrogen-bond acceptors (Lipinski definition) is 4. The van der Waals surface area contributed by atoms with Crippen molar-refractivity contribution < 1.29 is 18.3 Å². The topological polar surface area (TPSA) is 77.2 Å². The molecule has 0 aliphatic carbocycles. The van der Waals surface area contributed by atoms with Gasteiger partial charge in [-0.1, -0.05) is 0 Å². The van der Waals surface area contributed by atoms with E-state index in [0.29, 0.717) is 11.5 Å². The number of alkyl halides is 2. The number of rotatable bonds is 6. The van der Waals surface area contributed by atoms with Gasteiger partial charge in [0.15, 0.2) is 0 Å². The summed E-state index contributed by atoms with van der Waals surface area (Å²) in [6.45, 7) is 1.04. The predicted octanol–water partition coefficient (Wildman–Crippen LogP) is 1.58. The lowest BCUT2D eigenvalue weighted by Crippen LogP contribution is -2.17. The molecule has 0 radical (unpaired) electrons. The van der Waals surface area contributed by atoms with E-state index in [1.165, 1.54) is 6.20 Å². The quantitative estimate of drug-likeness (QED) is 0.760. The summed E-state index contributed by atoms with van der Waals surface area (Å²) in [5.41, 5.74) is 6.76. The number of anilines is 2. The number of pyridine rings is 1. The van der Waals surface area contributed by atoms with Crippen LogP contribution in [0.1, 0.15) is 12.0 Å². The van der Waals surface area contributed by atoms with Crippen LogP contribution in [0.15, 0.2) is 12.3 Å². The second kappa shape index (κ2) is 6.85. The summed E-state index contributed by atoms with van der Waals surface area (Å²) in [4.78, 5) is 15.4. The summed E-state index contributed by atoms with van der Waals surface area (Å²) in [5.74, 6) is 0.0627. The van der Waals surface area contributed by atoms with Crippen LogP contribution in [0.5, 0.6) is 0 Å². The number of nitrogens with two attached hydrogens (primary N) is 1. The Morgan fingerprint density at radius 2 is 2.33 bits per heavy atom. The molecule has 5 nitrogen and oxygen atoms in total. The molecule has 0 aliphatic rings. The van der Waals surface area contributed by atoms with Crippen molar-refractivity contribution in [3.63, 3.8) is 0 Å². The third kappa shape index (κ3) is 5.05. The van der Waals surface area contributed by atoms with Gasteiger partial charge in [0.25, 0.3) is 6.43 Å². The van der Waals surface area contributed by atoms with Gasteiger partial charge in [-0.2, -0.15) is 0 Å². The van der Waals surface area contributed by atoms with Gasteiger partial charge in [-0.3, -0.25) is 4.79 Å². The Bertz CT molecular complexity index is 413. The maximum Gasteiger partial charge on any atom is 0.261 e. The number of nitrogen functional groups attached to an aromatic ring is 1. The molecule has 1 heterocycles. The Labute approximate surface area is 103 Å². The number of aryl methyl sites for hydroxylation is 1. The SMILES string of the molecule is Cc1cc(N)cnc1NC(=O)CCOCC(F)F. The highest BCUT2D eigenvalue weighted by atomic mass is 19.3. The maximum atomic E-state index is 11.7. The molecule has 0 saturated carbocycles. The molecule has 1 rings (SSSR count). The Morgan fingerprint density at radius 1 is 1.61 bits per heavy atom. The molecular weight excluding hydrogens is 244 g/mol. The number of halogens is 2. The van der Waals surface area contributed by atoms with Crippen LogP contribution in [-0.2, 0) is 9.53 Å². The largest absolute Gasteiger partial charge is 0.397 e. The van der Waals surface area contributed by atoms with Gasteiger partial charge in [-0.05, 0) is 18.6 Å². The highest BCUT2D eigenvalue weighted by Gasteiger charge is 2.07. The third-order valence-electron chi connectivity index (χ3n) is 2.07. The van der Waals surface area contributed by atoms with E-state index < -0.39 is 13.0 Å². The lowest BCUT2D eigenvalue weighted by molar-refractivity contribution is -0.117. The normalized spacial score (nSPS) is 10.7. The Kier molecular flexibility index (Phi) is 5.44. The molecule has 0 aliphatic heterocycles. The van der Waals surface area contributed by atoms with Gasteiger partial charge < -0.3 is 15.8 Å². The molecule has 0 aromatic carbocycles. The second-order valence-corrected chi connectivity index (χ2v) is 3.70. The molecule has 0 saturated heterocycles. The van der Waals surface area contributed by atoms with E-state index in [9.17, 15) is 13.6 Å². The first-order valence-corrected chi connectivity index (χ1v) is 5.37. The first-order valence-electron chi connectivity index (χ1n) is 5.37. The van der Waals surface area contributed by atoms with Crippen LogP contribution in [0.3, 0.4) is 0 Å². The Balaban J connectivity index is 2.35. The number of nitrogens with zero attached hydrogens (tertiary/aromatic N) is 1. The number of aromatic nitrogens is 1. The summed E-state index contributed by atoms with van der Waals surface area (Å²) in [6.07, 6.45) is -1.09. The first kappa shape index (κ1) is 14.3. The number of carbonyl (C=O) groups excluding carboxylic acids is 1. The van der Waals surface area contributed by atoms with Crippen LogP contribution in [0, 0.1) is 6.92 Å². The van der Waals surface area contributed by atoms with Crippen molar-refractivity contribution >= 4 is 17.4 Å². The van der Waals surface area contributed by atoms with E-state index in [4.69, 9.17) is 5.73 Å². The number of amides is 1. The van der Waals surface area contributed by atoms with Crippen molar-refractivity contribution in [3.8, 4) is 0 Å². The molecule has 0 atom stereocenters. The van der Waals surface area contributed by atoms with Crippen molar-refractivity contribution in [2.24, 2.45) is 0 Å². The molecule has 0 spiro atoms. The monoisotopic (exact) mass is 259 g/mol. The minimum Gasteiger partial charge on any atom is -0.397 e. The van der Waals surface area contributed by atoms with Crippen LogP contribution in [-0.4, -0.2) is 30.5 Å². The summed E-state index contributed by atoms with van der Waals surface area (Å²) in [5, 5.41) is 2.55. The van der Waals surface area contributed by atoms with Crippen molar-refractivity contribution in [2.45, 2.75) is 19.8 Å². The lowest BCUT2D eigenvalue weighted by atomic mass is 10.2. The molecular formula is C11H15F2N3O2. The Morgan fingerprint density at radius 3 is 2.94 bits per heavy atom. The number of carbonyl (C=O) groups is 1. The first-order chi connectivity index (χ1) is 8.49. The second-order valence-electron chi connectivity index (χ2n) is 3.70. The summed E-state index contributed by atoms with van der Waals surface area (Å²) >= 11 is 0. The highest BCUT2D eigenvalue weighted by molar-refractivity contribution is 5.90. The summed E-state index contributed by atoms with van der Waals surface area (Å²) in [7, 11) is 0. The molecule has 3 N–H and O–H groups in total. The van der Waals surface area contributed by atoms with Gasteiger partial charge in [-0.15, -0.1) is 0 Å². The summed E-state index contributed by atoms with van der Waals surface area (Å²) in [6, 6.07) is 1.68. The molecule has 1 aromatic rings. The number of nitrogens with one attached hydrogen (secondary N) is 1. The van der Waals surface area contributed by atoms with Crippen LogP contribution in [0.2, 0.25) is 0 Å². The fourth-order valence-corrected chi connectivity index (χ4v) is 1.26. The van der Waals surface area contributed by atoms with Crippen molar-refractivity contribution in [2.75, 3.05) is 24.3 Å². The molecule has 1 aromatic heterocycles. The van der Waals surface area contributed by atoms with E-state index in [1.54, 1.807) is 13.0 Å². The molecule has 18 heavy (non-hydrogen) atoms.